The third-order valence-electron chi connectivity index (χ3n) is 8.46. The Morgan fingerprint density at radius 2 is 1.64 bits per heavy atom. The fraction of sp³-hybridized carbons (Fsp3) is 0.720. The maximum Gasteiger partial charge on any atom is 0.228 e. The molecule has 1 aromatic carbocycles. The molecule has 4 atom stereocenters. The first-order chi connectivity index (χ1) is 15.9. The lowest BCUT2D eigenvalue weighted by molar-refractivity contribution is -0.136. The number of piperidine rings is 2. The van der Waals surface area contributed by atoms with Crippen molar-refractivity contribution in [2.75, 3.05) is 32.7 Å². The molecule has 1 aromatic rings. The number of likely N-dealkylation sites (tertiary alicyclic amines) is 1. The van der Waals surface area contributed by atoms with Crippen LogP contribution in [0.15, 0.2) is 30.3 Å². The summed E-state index contributed by atoms with van der Waals surface area (Å²) in [5, 5.41) is 2.33. The normalized spacial score (nSPS) is 32.2. The second kappa shape index (κ2) is 9.64. The first-order valence-electron chi connectivity index (χ1n) is 12.8. The van der Waals surface area contributed by atoms with Crippen LogP contribution in [-0.4, -0.2) is 73.3 Å². The number of rotatable bonds is 5. The highest BCUT2D eigenvalue weighted by molar-refractivity contribution is 7.88. The molecule has 4 aliphatic rings. The Bertz CT molecular complexity index is 926. The maximum atomic E-state index is 13.3. The molecule has 4 saturated heterocycles. The van der Waals surface area contributed by atoms with Gasteiger partial charge < -0.3 is 4.90 Å². The monoisotopic (exact) mass is 474 g/mol. The van der Waals surface area contributed by atoms with Crippen LogP contribution in [0.25, 0.3) is 0 Å². The second-order valence-electron chi connectivity index (χ2n) is 10.5. The van der Waals surface area contributed by atoms with Gasteiger partial charge in [-0.25, -0.2) is 17.7 Å². The summed E-state index contributed by atoms with van der Waals surface area (Å²) < 4.78 is 27.6. The Labute approximate surface area is 198 Å². The number of fused-ring (bicyclic) bond motifs is 1. The molecule has 0 aromatic heterocycles. The highest BCUT2D eigenvalue weighted by Gasteiger charge is 2.49. The number of hydrazine groups is 1. The van der Waals surface area contributed by atoms with E-state index in [9.17, 15) is 13.2 Å². The molecule has 182 valence electrons. The SMILES string of the molecule is CC1NN2CCC(C3CCN(S(=O)(=O)Cc4ccccc4)CC3)CC2C1C(=O)N1CCCC1. The van der Waals surface area contributed by atoms with Gasteiger partial charge in [0, 0.05) is 44.8 Å². The summed E-state index contributed by atoms with van der Waals surface area (Å²) in [7, 11) is -3.28. The Balaban J connectivity index is 1.19. The lowest BCUT2D eigenvalue weighted by atomic mass is 9.74. The predicted octanol–water partition coefficient (Wildman–Crippen LogP) is 2.45. The van der Waals surface area contributed by atoms with Gasteiger partial charge in [0.15, 0.2) is 0 Å². The summed E-state index contributed by atoms with van der Waals surface area (Å²) in [6.45, 7) is 6.20. The van der Waals surface area contributed by atoms with Crippen molar-refractivity contribution in [2.45, 2.75) is 63.3 Å². The predicted molar refractivity (Wildman–Crippen MR) is 128 cm³/mol. The van der Waals surface area contributed by atoms with E-state index in [1.807, 2.05) is 30.3 Å². The van der Waals surface area contributed by atoms with Crippen LogP contribution >= 0.6 is 0 Å². The molecule has 4 aliphatic heterocycles. The van der Waals surface area contributed by atoms with Crippen LogP contribution in [0.3, 0.4) is 0 Å². The molecule has 1 N–H and O–H groups in total. The zero-order valence-electron chi connectivity index (χ0n) is 19.7. The van der Waals surface area contributed by atoms with E-state index in [-0.39, 0.29) is 23.8 Å². The average Bonchev–Trinajstić information content (AvgIpc) is 3.46. The fourth-order valence-corrected chi connectivity index (χ4v) is 8.22. The number of nitrogens with zero attached hydrogens (tertiary/aromatic N) is 3. The summed E-state index contributed by atoms with van der Waals surface area (Å²) in [4.78, 5) is 15.4. The Morgan fingerprint density at radius 3 is 2.33 bits per heavy atom. The molecule has 0 bridgehead atoms. The molecule has 5 rings (SSSR count). The van der Waals surface area contributed by atoms with Gasteiger partial charge in [-0.3, -0.25) is 10.2 Å². The molecular weight excluding hydrogens is 436 g/mol. The van der Waals surface area contributed by atoms with Crippen molar-refractivity contribution < 1.29 is 13.2 Å². The molecule has 33 heavy (non-hydrogen) atoms. The molecule has 0 aliphatic carbocycles. The summed E-state index contributed by atoms with van der Waals surface area (Å²) >= 11 is 0. The lowest BCUT2D eigenvalue weighted by Gasteiger charge is -2.42. The number of benzene rings is 1. The molecule has 1 amide bonds. The number of nitrogens with one attached hydrogen (secondary N) is 1. The van der Waals surface area contributed by atoms with Gasteiger partial charge in [0.2, 0.25) is 15.9 Å². The molecule has 0 radical (unpaired) electrons. The summed E-state index contributed by atoms with van der Waals surface area (Å²) in [5.74, 6) is 1.59. The number of hydrogen-bond acceptors (Lipinski definition) is 5. The van der Waals surface area contributed by atoms with Crippen LogP contribution in [0.4, 0.5) is 0 Å². The molecule has 4 fully saturated rings. The second-order valence-corrected chi connectivity index (χ2v) is 12.5. The largest absolute Gasteiger partial charge is 0.342 e. The average molecular weight is 475 g/mol. The van der Waals surface area contributed by atoms with E-state index in [0.717, 1.165) is 63.7 Å². The van der Waals surface area contributed by atoms with Gasteiger partial charge in [-0.1, -0.05) is 30.3 Å². The molecule has 4 heterocycles. The van der Waals surface area contributed by atoms with Crippen molar-refractivity contribution in [3.63, 3.8) is 0 Å². The summed E-state index contributed by atoms with van der Waals surface area (Å²) in [5.41, 5.74) is 4.43. The van der Waals surface area contributed by atoms with Crippen LogP contribution < -0.4 is 5.43 Å². The molecule has 4 unspecified atom stereocenters. The Morgan fingerprint density at radius 1 is 0.970 bits per heavy atom. The first-order valence-corrected chi connectivity index (χ1v) is 14.4. The highest BCUT2D eigenvalue weighted by atomic mass is 32.2. The number of sulfonamides is 1. The van der Waals surface area contributed by atoms with E-state index < -0.39 is 10.0 Å². The van der Waals surface area contributed by atoms with Crippen molar-refractivity contribution in [3.8, 4) is 0 Å². The minimum atomic E-state index is -3.28. The van der Waals surface area contributed by atoms with E-state index in [1.165, 1.54) is 0 Å². The van der Waals surface area contributed by atoms with Crippen LogP contribution in [0.2, 0.25) is 0 Å². The maximum absolute atomic E-state index is 13.3. The van der Waals surface area contributed by atoms with Crippen molar-refractivity contribution >= 4 is 15.9 Å². The van der Waals surface area contributed by atoms with Gasteiger partial charge in [0.05, 0.1) is 11.7 Å². The van der Waals surface area contributed by atoms with Gasteiger partial charge in [-0.2, -0.15) is 0 Å². The third-order valence-corrected chi connectivity index (χ3v) is 10.3. The molecule has 8 heteroatoms. The molecule has 0 saturated carbocycles. The third kappa shape index (κ3) is 4.85. The van der Waals surface area contributed by atoms with Crippen LogP contribution in [0.1, 0.15) is 51.0 Å². The standard InChI is InChI=1S/C25H38N4O3S/c1-19-24(25(30)27-12-5-6-13-27)23-17-22(11-16-29(23)26-19)21-9-14-28(15-10-21)33(31,32)18-20-7-3-2-4-8-20/h2-4,7-8,19,21-24,26H,5-6,9-18H2,1H3. The van der Waals surface area contributed by atoms with Gasteiger partial charge >= 0.3 is 0 Å². The molecular formula is C25H38N4O3S. The topological polar surface area (TPSA) is 73.0 Å². The molecule has 7 nitrogen and oxygen atoms in total. The van der Waals surface area contributed by atoms with E-state index >= 15 is 0 Å². The Kier molecular flexibility index (Phi) is 6.80. The van der Waals surface area contributed by atoms with E-state index in [1.54, 1.807) is 4.31 Å². The minimum absolute atomic E-state index is 0.0391. The van der Waals surface area contributed by atoms with Gasteiger partial charge in [0.1, 0.15) is 0 Å². The fourth-order valence-electron chi connectivity index (χ4n) is 6.66. The number of amides is 1. The van der Waals surface area contributed by atoms with Gasteiger partial charge in [-0.05, 0) is 62.8 Å². The van der Waals surface area contributed by atoms with Crippen molar-refractivity contribution in [1.29, 1.82) is 0 Å². The van der Waals surface area contributed by atoms with Crippen LogP contribution in [0, 0.1) is 17.8 Å². The van der Waals surface area contributed by atoms with Crippen molar-refractivity contribution in [3.05, 3.63) is 35.9 Å². The summed E-state index contributed by atoms with van der Waals surface area (Å²) in [6.07, 6.45) is 6.29. The van der Waals surface area contributed by atoms with Gasteiger partial charge in [-0.15, -0.1) is 0 Å². The lowest BCUT2D eigenvalue weighted by Crippen LogP contribution is -2.49. The van der Waals surface area contributed by atoms with E-state index in [4.69, 9.17) is 0 Å². The van der Waals surface area contributed by atoms with Crippen LogP contribution in [-0.2, 0) is 20.6 Å². The molecule has 0 spiro atoms. The smallest absolute Gasteiger partial charge is 0.228 e. The van der Waals surface area contributed by atoms with E-state index in [2.05, 4.69) is 22.3 Å². The zero-order chi connectivity index (χ0) is 23.0. The zero-order valence-corrected chi connectivity index (χ0v) is 20.5. The van der Waals surface area contributed by atoms with Crippen LogP contribution in [0.5, 0.6) is 0 Å². The number of hydrogen-bond donors (Lipinski definition) is 1. The van der Waals surface area contributed by atoms with E-state index in [0.29, 0.717) is 30.8 Å². The minimum Gasteiger partial charge on any atom is -0.342 e. The van der Waals surface area contributed by atoms with Crippen molar-refractivity contribution in [1.82, 2.24) is 19.6 Å². The highest BCUT2D eigenvalue weighted by Crippen LogP contribution is 2.40. The van der Waals surface area contributed by atoms with Crippen molar-refractivity contribution in [2.24, 2.45) is 17.8 Å². The summed E-state index contributed by atoms with van der Waals surface area (Å²) in [6, 6.07) is 9.92. The quantitative estimate of drug-likeness (QED) is 0.710. The first kappa shape index (κ1) is 23.3. The number of carbonyl (C=O) groups is 1. The van der Waals surface area contributed by atoms with Gasteiger partial charge in [0.25, 0.3) is 0 Å². The Hall–Kier alpha value is -1.48. The number of carbonyl (C=O) groups excluding carboxylic acids is 1.